The highest BCUT2D eigenvalue weighted by Gasteiger charge is 2.30. The number of hydrogen-bond acceptors (Lipinski definition) is 3. The molecule has 3 heteroatoms. The van der Waals surface area contributed by atoms with Gasteiger partial charge in [0.1, 0.15) is 0 Å². The molecule has 1 aliphatic carbocycles. The summed E-state index contributed by atoms with van der Waals surface area (Å²) in [5, 5.41) is 3.63. The van der Waals surface area contributed by atoms with Crippen molar-refractivity contribution < 1.29 is 9.47 Å². The Morgan fingerprint density at radius 3 is 2.53 bits per heavy atom. The van der Waals surface area contributed by atoms with Gasteiger partial charge in [-0.15, -0.1) is 0 Å². The highest BCUT2D eigenvalue weighted by Crippen LogP contribution is 2.32. The molecule has 0 spiro atoms. The minimum absolute atomic E-state index is 0.159. The molecule has 106 valence electrons. The van der Waals surface area contributed by atoms with Gasteiger partial charge in [-0.05, 0) is 57.7 Å². The topological polar surface area (TPSA) is 30.5 Å². The van der Waals surface area contributed by atoms with Gasteiger partial charge in [-0.3, -0.25) is 0 Å². The maximum absolute atomic E-state index is 5.72. The van der Waals surface area contributed by atoms with Crippen molar-refractivity contribution in [2.45, 2.75) is 58.2 Å². The van der Waals surface area contributed by atoms with Crippen molar-refractivity contribution >= 4 is 0 Å². The van der Waals surface area contributed by atoms with Crippen LogP contribution >= 0.6 is 0 Å². The molecule has 0 heterocycles. The molecular weight excluding hydrogens is 238 g/mol. The first-order valence-electron chi connectivity index (χ1n) is 7.11. The predicted octanol–water partition coefficient (Wildman–Crippen LogP) is 3.51. The van der Waals surface area contributed by atoms with Gasteiger partial charge >= 0.3 is 0 Å². The van der Waals surface area contributed by atoms with Crippen molar-refractivity contribution in [3.63, 3.8) is 0 Å². The largest absolute Gasteiger partial charge is 0.493 e. The van der Waals surface area contributed by atoms with Gasteiger partial charge in [0.25, 0.3) is 0 Å². The molecule has 0 atom stereocenters. The first-order valence-corrected chi connectivity index (χ1v) is 7.11. The van der Waals surface area contributed by atoms with Crippen molar-refractivity contribution in [2.24, 2.45) is 0 Å². The van der Waals surface area contributed by atoms with E-state index in [9.17, 15) is 0 Å². The third-order valence-corrected chi connectivity index (χ3v) is 3.77. The van der Waals surface area contributed by atoms with Gasteiger partial charge in [-0.25, -0.2) is 0 Å². The van der Waals surface area contributed by atoms with Crippen LogP contribution in [-0.4, -0.2) is 18.8 Å². The summed E-state index contributed by atoms with van der Waals surface area (Å²) in [6, 6.07) is 6.17. The molecule has 0 unspecified atom stereocenters. The lowest BCUT2D eigenvalue weighted by Gasteiger charge is -2.39. The van der Waals surface area contributed by atoms with Crippen molar-refractivity contribution in [3.05, 3.63) is 23.8 Å². The van der Waals surface area contributed by atoms with Gasteiger partial charge in [0.2, 0.25) is 0 Å². The van der Waals surface area contributed by atoms with Gasteiger partial charge in [0, 0.05) is 12.1 Å². The number of rotatable bonds is 6. The quantitative estimate of drug-likeness (QED) is 0.852. The summed E-state index contributed by atoms with van der Waals surface area (Å²) in [5.74, 6) is 1.63. The minimum Gasteiger partial charge on any atom is -0.493 e. The van der Waals surface area contributed by atoms with E-state index in [1.807, 2.05) is 19.9 Å². The van der Waals surface area contributed by atoms with Crippen LogP contribution in [0.3, 0.4) is 0 Å². The van der Waals surface area contributed by atoms with Gasteiger partial charge in [-0.1, -0.05) is 6.07 Å². The molecule has 0 aromatic heterocycles. The van der Waals surface area contributed by atoms with Gasteiger partial charge in [-0.2, -0.15) is 0 Å². The summed E-state index contributed by atoms with van der Waals surface area (Å²) >= 11 is 0. The SMILES string of the molecule is COc1cc(CNC2(C)CCC2)ccc1OC(C)C. The summed E-state index contributed by atoms with van der Waals surface area (Å²) in [6.45, 7) is 7.22. The van der Waals surface area contributed by atoms with Crippen molar-refractivity contribution in [3.8, 4) is 11.5 Å². The third-order valence-electron chi connectivity index (χ3n) is 3.77. The Labute approximate surface area is 116 Å². The molecule has 0 aliphatic heterocycles. The van der Waals surface area contributed by atoms with E-state index in [0.717, 1.165) is 18.0 Å². The van der Waals surface area contributed by atoms with E-state index in [4.69, 9.17) is 9.47 Å². The van der Waals surface area contributed by atoms with E-state index in [0.29, 0.717) is 5.54 Å². The van der Waals surface area contributed by atoms with Crippen molar-refractivity contribution in [1.82, 2.24) is 5.32 Å². The Balaban J connectivity index is 2.01. The summed E-state index contributed by atoms with van der Waals surface area (Å²) in [5.41, 5.74) is 1.57. The number of methoxy groups -OCH3 is 1. The Hall–Kier alpha value is -1.22. The Bertz CT molecular complexity index is 425. The maximum Gasteiger partial charge on any atom is 0.161 e. The van der Waals surface area contributed by atoms with E-state index < -0.39 is 0 Å². The lowest BCUT2D eigenvalue weighted by atomic mass is 9.78. The zero-order chi connectivity index (χ0) is 13.9. The number of hydrogen-bond donors (Lipinski definition) is 1. The molecule has 1 aromatic rings. The van der Waals surface area contributed by atoms with Crippen LogP contribution in [0.15, 0.2) is 18.2 Å². The van der Waals surface area contributed by atoms with Gasteiger partial charge in [0.05, 0.1) is 13.2 Å². The van der Waals surface area contributed by atoms with E-state index in [-0.39, 0.29) is 6.10 Å². The molecule has 3 nitrogen and oxygen atoms in total. The molecule has 1 aliphatic rings. The maximum atomic E-state index is 5.72. The second-order valence-corrected chi connectivity index (χ2v) is 5.92. The average Bonchev–Trinajstić information content (AvgIpc) is 2.34. The Morgan fingerprint density at radius 1 is 1.26 bits per heavy atom. The first-order chi connectivity index (χ1) is 9.02. The van der Waals surface area contributed by atoms with Crippen LogP contribution in [0.25, 0.3) is 0 Å². The zero-order valence-electron chi connectivity index (χ0n) is 12.5. The van der Waals surface area contributed by atoms with Crippen LogP contribution in [0, 0.1) is 0 Å². The second kappa shape index (κ2) is 5.83. The third kappa shape index (κ3) is 3.63. The van der Waals surface area contributed by atoms with Crippen LogP contribution in [0.1, 0.15) is 45.6 Å². The summed E-state index contributed by atoms with van der Waals surface area (Å²) in [4.78, 5) is 0. The minimum atomic E-state index is 0.159. The van der Waals surface area contributed by atoms with E-state index in [1.165, 1.54) is 24.8 Å². The Kier molecular flexibility index (Phi) is 4.35. The molecule has 0 saturated heterocycles. The van der Waals surface area contributed by atoms with E-state index in [2.05, 4.69) is 24.4 Å². The standard InChI is InChI=1S/C16H25NO2/c1-12(2)19-14-7-6-13(10-15(14)18-4)11-17-16(3)8-5-9-16/h6-7,10,12,17H,5,8-9,11H2,1-4H3. The second-order valence-electron chi connectivity index (χ2n) is 5.92. The highest BCUT2D eigenvalue weighted by atomic mass is 16.5. The fourth-order valence-electron chi connectivity index (χ4n) is 2.37. The molecule has 0 bridgehead atoms. The van der Waals surface area contributed by atoms with Gasteiger partial charge < -0.3 is 14.8 Å². The molecule has 2 rings (SSSR count). The van der Waals surface area contributed by atoms with Gasteiger partial charge in [0.15, 0.2) is 11.5 Å². The van der Waals surface area contributed by atoms with Crippen LogP contribution < -0.4 is 14.8 Å². The van der Waals surface area contributed by atoms with Crippen LogP contribution in [0.2, 0.25) is 0 Å². The molecular formula is C16H25NO2. The number of ether oxygens (including phenoxy) is 2. The number of benzene rings is 1. The zero-order valence-corrected chi connectivity index (χ0v) is 12.5. The number of nitrogens with one attached hydrogen (secondary N) is 1. The molecule has 0 radical (unpaired) electrons. The van der Waals surface area contributed by atoms with Crippen LogP contribution in [0.5, 0.6) is 11.5 Å². The molecule has 1 fully saturated rings. The van der Waals surface area contributed by atoms with Crippen molar-refractivity contribution in [2.75, 3.05) is 7.11 Å². The molecule has 1 aromatic carbocycles. The molecule has 19 heavy (non-hydrogen) atoms. The fourth-order valence-corrected chi connectivity index (χ4v) is 2.37. The summed E-state index contributed by atoms with van der Waals surface area (Å²) in [7, 11) is 1.69. The van der Waals surface area contributed by atoms with E-state index in [1.54, 1.807) is 7.11 Å². The van der Waals surface area contributed by atoms with Crippen LogP contribution in [0.4, 0.5) is 0 Å². The monoisotopic (exact) mass is 263 g/mol. The average molecular weight is 263 g/mol. The lowest BCUT2D eigenvalue weighted by Crippen LogP contribution is -2.47. The smallest absolute Gasteiger partial charge is 0.161 e. The molecule has 1 N–H and O–H groups in total. The first kappa shape index (κ1) is 14.2. The van der Waals surface area contributed by atoms with Crippen LogP contribution in [-0.2, 0) is 6.54 Å². The fraction of sp³-hybridized carbons (Fsp3) is 0.625. The lowest BCUT2D eigenvalue weighted by molar-refractivity contribution is 0.206. The Morgan fingerprint density at radius 2 is 2.00 bits per heavy atom. The highest BCUT2D eigenvalue weighted by molar-refractivity contribution is 5.43. The van der Waals surface area contributed by atoms with Crippen molar-refractivity contribution in [1.29, 1.82) is 0 Å². The predicted molar refractivity (Wildman–Crippen MR) is 77.9 cm³/mol. The summed E-state index contributed by atoms with van der Waals surface area (Å²) in [6.07, 6.45) is 4.05. The normalized spacial score (nSPS) is 17.1. The molecule has 0 amide bonds. The summed E-state index contributed by atoms with van der Waals surface area (Å²) < 4.78 is 11.1. The van der Waals surface area contributed by atoms with E-state index >= 15 is 0 Å². The molecule has 1 saturated carbocycles.